The second-order valence-electron chi connectivity index (χ2n) is 5.17. The Morgan fingerprint density at radius 1 is 1.33 bits per heavy atom. The van der Waals surface area contributed by atoms with E-state index in [4.69, 9.17) is 11.6 Å². The summed E-state index contributed by atoms with van der Waals surface area (Å²) in [5, 5.41) is 4.12. The van der Waals surface area contributed by atoms with Crippen molar-refractivity contribution in [3.05, 3.63) is 28.8 Å². The van der Waals surface area contributed by atoms with Gasteiger partial charge >= 0.3 is 0 Å². The summed E-state index contributed by atoms with van der Waals surface area (Å²) in [6.07, 6.45) is 5.22. The lowest BCUT2D eigenvalue weighted by Crippen LogP contribution is -2.33. The van der Waals surface area contributed by atoms with Crippen LogP contribution in [0.15, 0.2) is 18.2 Å². The van der Waals surface area contributed by atoms with E-state index in [1.165, 1.54) is 36.9 Å². The Kier molecular flexibility index (Phi) is 4.90. The second-order valence-corrected chi connectivity index (χ2v) is 5.58. The predicted octanol–water partition coefficient (Wildman–Crippen LogP) is 3.83. The third-order valence-electron chi connectivity index (χ3n) is 3.78. The lowest BCUT2D eigenvalue weighted by Gasteiger charge is -2.32. The summed E-state index contributed by atoms with van der Waals surface area (Å²) in [4.78, 5) is 2.50. The molecule has 1 unspecified atom stereocenters. The van der Waals surface area contributed by atoms with Crippen LogP contribution in [0.25, 0.3) is 0 Å². The summed E-state index contributed by atoms with van der Waals surface area (Å²) >= 11 is 6.45. The standard InChI is InChI=1S/C15H23ClN2/c1-12-7-4-3-5-10-18(12)15-13(11-17-2)8-6-9-14(15)16/h6,8-9,12,17H,3-5,7,10-11H2,1-2H3. The van der Waals surface area contributed by atoms with E-state index in [2.05, 4.69) is 23.2 Å². The first-order chi connectivity index (χ1) is 8.74. The molecule has 1 atom stereocenters. The van der Waals surface area contributed by atoms with Gasteiger partial charge in [-0.15, -0.1) is 0 Å². The summed E-state index contributed by atoms with van der Waals surface area (Å²) in [7, 11) is 1.98. The van der Waals surface area contributed by atoms with E-state index >= 15 is 0 Å². The molecule has 100 valence electrons. The molecular formula is C15H23ClN2. The number of nitrogens with zero attached hydrogens (tertiary/aromatic N) is 1. The molecule has 0 bridgehead atoms. The summed E-state index contributed by atoms with van der Waals surface area (Å²) < 4.78 is 0. The summed E-state index contributed by atoms with van der Waals surface area (Å²) in [5.74, 6) is 0. The monoisotopic (exact) mass is 266 g/mol. The molecule has 1 aliphatic heterocycles. The van der Waals surface area contributed by atoms with E-state index in [-0.39, 0.29) is 0 Å². The highest BCUT2D eigenvalue weighted by molar-refractivity contribution is 6.33. The third kappa shape index (κ3) is 2.99. The van der Waals surface area contributed by atoms with Crippen LogP contribution in [0, 0.1) is 0 Å². The largest absolute Gasteiger partial charge is 0.367 e. The zero-order valence-electron chi connectivity index (χ0n) is 11.4. The van der Waals surface area contributed by atoms with Crippen molar-refractivity contribution in [1.29, 1.82) is 0 Å². The molecule has 1 aliphatic rings. The highest BCUT2D eigenvalue weighted by Gasteiger charge is 2.21. The summed E-state index contributed by atoms with van der Waals surface area (Å²) in [5.41, 5.74) is 2.54. The number of benzene rings is 1. The first-order valence-electron chi connectivity index (χ1n) is 6.92. The molecule has 0 saturated carbocycles. The number of hydrogen-bond acceptors (Lipinski definition) is 2. The predicted molar refractivity (Wildman–Crippen MR) is 79.5 cm³/mol. The molecule has 1 saturated heterocycles. The topological polar surface area (TPSA) is 15.3 Å². The van der Waals surface area contributed by atoms with Gasteiger partial charge in [0.05, 0.1) is 10.7 Å². The van der Waals surface area contributed by atoms with E-state index in [1.807, 2.05) is 19.2 Å². The van der Waals surface area contributed by atoms with E-state index in [0.29, 0.717) is 6.04 Å². The molecule has 0 aliphatic carbocycles. The van der Waals surface area contributed by atoms with Crippen LogP contribution in [-0.2, 0) is 6.54 Å². The molecule has 2 rings (SSSR count). The van der Waals surface area contributed by atoms with E-state index in [9.17, 15) is 0 Å². The van der Waals surface area contributed by atoms with Gasteiger partial charge in [0, 0.05) is 19.1 Å². The van der Waals surface area contributed by atoms with Gasteiger partial charge in [-0.25, -0.2) is 0 Å². The zero-order valence-corrected chi connectivity index (χ0v) is 12.1. The second kappa shape index (κ2) is 6.44. The number of nitrogens with one attached hydrogen (secondary N) is 1. The average Bonchev–Trinajstić information content (AvgIpc) is 2.55. The minimum absolute atomic E-state index is 0.586. The van der Waals surface area contributed by atoms with Crippen molar-refractivity contribution in [3.8, 4) is 0 Å². The molecule has 0 amide bonds. The first kappa shape index (κ1) is 13.7. The maximum Gasteiger partial charge on any atom is 0.0643 e. The highest BCUT2D eigenvalue weighted by atomic mass is 35.5. The summed E-state index contributed by atoms with van der Waals surface area (Å²) in [6, 6.07) is 6.81. The highest BCUT2D eigenvalue weighted by Crippen LogP contribution is 2.33. The normalized spacial score (nSPS) is 20.8. The SMILES string of the molecule is CNCc1cccc(Cl)c1N1CCCCCC1C. The van der Waals surface area contributed by atoms with Gasteiger partial charge in [-0.1, -0.05) is 36.6 Å². The van der Waals surface area contributed by atoms with Crippen LogP contribution in [0.2, 0.25) is 5.02 Å². The Morgan fingerprint density at radius 2 is 2.17 bits per heavy atom. The van der Waals surface area contributed by atoms with Crippen molar-refractivity contribution in [1.82, 2.24) is 5.32 Å². The lowest BCUT2D eigenvalue weighted by atomic mass is 10.1. The maximum atomic E-state index is 6.45. The minimum atomic E-state index is 0.586. The van der Waals surface area contributed by atoms with Gasteiger partial charge in [-0.3, -0.25) is 0 Å². The lowest BCUT2D eigenvalue weighted by molar-refractivity contribution is 0.613. The van der Waals surface area contributed by atoms with Crippen LogP contribution in [0.3, 0.4) is 0 Å². The smallest absolute Gasteiger partial charge is 0.0643 e. The van der Waals surface area contributed by atoms with E-state index in [0.717, 1.165) is 18.1 Å². The van der Waals surface area contributed by atoms with E-state index in [1.54, 1.807) is 0 Å². The van der Waals surface area contributed by atoms with Crippen LogP contribution < -0.4 is 10.2 Å². The van der Waals surface area contributed by atoms with Gasteiger partial charge in [0.25, 0.3) is 0 Å². The number of para-hydroxylation sites is 1. The quantitative estimate of drug-likeness (QED) is 0.895. The van der Waals surface area contributed by atoms with Crippen molar-refractivity contribution in [3.63, 3.8) is 0 Å². The molecule has 1 N–H and O–H groups in total. The van der Waals surface area contributed by atoms with Gasteiger partial charge < -0.3 is 10.2 Å². The van der Waals surface area contributed by atoms with Crippen molar-refractivity contribution in [2.45, 2.75) is 45.2 Å². The van der Waals surface area contributed by atoms with E-state index < -0.39 is 0 Å². The van der Waals surface area contributed by atoms with Crippen molar-refractivity contribution in [2.75, 3.05) is 18.5 Å². The number of rotatable bonds is 3. The fourth-order valence-corrected chi connectivity index (χ4v) is 3.12. The molecule has 1 aromatic carbocycles. The number of anilines is 1. The third-order valence-corrected chi connectivity index (χ3v) is 4.08. The van der Waals surface area contributed by atoms with Crippen LogP contribution in [0.1, 0.15) is 38.2 Å². The van der Waals surface area contributed by atoms with Gasteiger partial charge in [0.2, 0.25) is 0 Å². The Bertz CT molecular complexity index is 392. The molecule has 3 heteroatoms. The van der Waals surface area contributed by atoms with Crippen molar-refractivity contribution in [2.24, 2.45) is 0 Å². The molecule has 2 nitrogen and oxygen atoms in total. The Morgan fingerprint density at radius 3 is 2.94 bits per heavy atom. The fraction of sp³-hybridized carbons (Fsp3) is 0.600. The maximum absolute atomic E-state index is 6.45. The molecule has 1 heterocycles. The first-order valence-corrected chi connectivity index (χ1v) is 7.30. The number of hydrogen-bond donors (Lipinski definition) is 1. The van der Waals surface area contributed by atoms with Gasteiger partial charge in [-0.2, -0.15) is 0 Å². The molecule has 0 aromatic heterocycles. The molecule has 1 aromatic rings. The van der Waals surface area contributed by atoms with Gasteiger partial charge in [0.1, 0.15) is 0 Å². The van der Waals surface area contributed by atoms with Gasteiger partial charge in [0.15, 0.2) is 0 Å². The van der Waals surface area contributed by atoms with Gasteiger partial charge in [-0.05, 0) is 38.4 Å². The molecule has 1 fully saturated rings. The van der Waals surface area contributed by atoms with Crippen LogP contribution in [-0.4, -0.2) is 19.6 Å². The van der Waals surface area contributed by atoms with Crippen molar-refractivity contribution >= 4 is 17.3 Å². The Hall–Kier alpha value is -0.730. The fourth-order valence-electron chi connectivity index (χ4n) is 2.82. The van der Waals surface area contributed by atoms with Crippen LogP contribution in [0.4, 0.5) is 5.69 Å². The average molecular weight is 267 g/mol. The van der Waals surface area contributed by atoms with Crippen molar-refractivity contribution < 1.29 is 0 Å². The molecule has 0 spiro atoms. The molecular weight excluding hydrogens is 244 g/mol. The van der Waals surface area contributed by atoms with Crippen LogP contribution in [0.5, 0.6) is 0 Å². The zero-order chi connectivity index (χ0) is 13.0. The molecule has 0 radical (unpaired) electrons. The number of halogens is 1. The molecule has 18 heavy (non-hydrogen) atoms. The Labute approximate surface area is 115 Å². The minimum Gasteiger partial charge on any atom is -0.367 e. The summed E-state index contributed by atoms with van der Waals surface area (Å²) in [6.45, 7) is 4.32. The van der Waals surface area contributed by atoms with Crippen LogP contribution >= 0.6 is 11.6 Å². The Balaban J connectivity index is 2.34.